The van der Waals surface area contributed by atoms with E-state index < -0.39 is 24.1 Å². The van der Waals surface area contributed by atoms with Gasteiger partial charge in [-0.3, -0.25) is 9.59 Å². The first-order valence-corrected chi connectivity index (χ1v) is 12.0. The average molecular weight is 527 g/mol. The van der Waals surface area contributed by atoms with Crippen molar-refractivity contribution in [1.82, 2.24) is 4.58 Å². The molecule has 38 heavy (non-hydrogen) atoms. The number of nitrogens with zero attached hydrogens (tertiary/aromatic N) is 1. The number of benzene rings is 3. The highest BCUT2D eigenvalue weighted by molar-refractivity contribution is 6.20. The summed E-state index contributed by atoms with van der Waals surface area (Å²) in [6.45, 7) is 5.04. The van der Waals surface area contributed by atoms with Gasteiger partial charge < -0.3 is 14.2 Å². The van der Waals surface area contributed by atoms with Crippen LogP contribution in [0.5, 0.6) is 17.2 Å². The lowest BCUT2D eigenvalue weighted by molar-refractivity contribution is -0.274. The van der Waals surface area contributed by atoms with Crippen molar-refractivity contribution in [2.24, 2.45) is 0 Å². The first-order chi connectivity index (χ1) is 18.0. The third-order valence-corrected chi connectivity index (χ3v) is 6.37. The molecule has 0 fully saturated rings. The van der Waals surface area contributed by atoms with Crippen molar-refractivity contribution in [1.29, 1.82) is 0 Å². The van der Waals surface area contributed by atoms with Crippen LogP contribution >= 0.6 is 0 Å². The quantitative estimate of drug-likeness (QED) is 0.232. The average Bonchev–Trinajstić information content (AvgIpc) is 3.16. The van der Waals surface area contributed by atoms with Crippen molar-refractivity contribution < 1.29 is 37.0 Å². The van der Waals surface area contributed by atoms with E-state index in [9.17, 15) is 22.8 Å². The van der Waals surface area contributed by atoms with Crippen LogP contribution in [0.1, 0.15) is 49.0 Å². The third-order valence-electron chi connectivity index (χ3n) is 6.37. The van der Waals surface area contributed by atoms with E-state index >= 15 is 0 Å². The molecule has 1 unspecified atom stereocenters. The molecule has 0 saturated carbocycles. The van der Waals surface area contributed by atoms with E-state index in [0.29, 0.717) is 46.1 Å². The SMILES string of the molecule is CC[C@@H](Oc1cccc([N+]2=C(C)C(C(=O)c3ccc(OC)cc3)c3ccc(OC(F)(F)F)cc32)c1)C(C)=O. The number of methoxy groups -OCH3 is 1. The normalized spacial score (nSPS) is 15.6. The van der Waals surface area contributed by atoms with Gasteiger partial charge in [0.2, 0.25) is 11.4 Å². The third kappa shape index (κ3) is 5.56. The van der Waals surface area contributed by atoms with Crippen LogP contribution in [0.3, 0.4) is 0 Å². The lowest BCUT2D eigenvalue weighted by Crippen LogP contribution is -2.24. The zero-order chi connectivity index (χ0) is 27.6. The molecule has 0 spiro atoms. The first-order valence-electron chi connectivity index (χ1n) is 12.0. The number of fused-ring (bicyclic) bond motifs is 1. The van der Waals surface area contributed by atoms with Crippen molar-refractivity contribution in [2.45, 2.75) is 45.6 Å². The molecule has 3 aromatic rings. The molecule has 2 atom stereocenters. The van der Waals surface area contributed by atoms with Gasteiger partial charge in [-0.15, -0.1) is 13.2 Å². The van der Waals surface area contributed by atoms with Crippen molar-refractivity contribution in [3.63, 3.8) is 0 Å². The smallest absolute Gasteiger partial charge is 0.497 e. The van der Waals surface area contributed by atoms with Gasteiger partial charge >= 0.3 is 6.36 Å². The van der Waals surface area contributed by atoms with E-state index in [4.69, 9.17) is 9.47 Å². The molecule has 0 aliphatic carbocycles. The monoisotopic (exact) mass is 526 g/mol. The Morgan fingerprint density at radius 1 is 0.974 bits per heavy atom. The molecular weight excluding hydrogens is 499 g/mol. The summed E-state index contributed by atoms with van der Waals surface area (Å²) in [5.74, 6) is -0.464. The molecule has 3 aromatic carbocycles. The maximum absolute atomic E-state index is 13.7. The summed E-state index contributed by atoms with van der Waals surface area (Å²) >= 11 is 0. The predicted molar refractivity (Wildman–Crippen MR) is 137 cm³/mol. The number of ketones is 2. The van der Waals surface area contributed by atoms with E-state index in [1.807, 2.05) is 6.92 Å². The van der Waals surface area contributed by atoms with Gasteiger partial charge in [-0.2, -0.15) is 4.58 Å². The molecule has 0 N–H and O–H groups in total. The largest absolute Gasteiger partial charge is 0.573 e. The van der Waals surface area contributed by atoms with Crippen LogP contribution in [0, 0.1) is 0 Å². The van der Waals surface area contributed by atoms with Gasteiger partial charge in [-0.1, -0.05) is 13.0 Å². The van der Waals surface area contributed by atoms with Crippen molar-refractivity contribution in [3.05, 3.63) is 77.9 Å². The highest BCUT2D eigenvalue weighted by Gasteiger charge is 2.43. The summed E-state index contributed by atoms with van der Waals surface area (Å²) in [4.78, 5) is 25.6. The summed E-state index contributed by atoms with van der Waals surface area (Å²) in [6, 6.07) is 17.5. The topological polar surface area (TPSA) is 64.8 Å². The fourth-order valence-corrected chi connectivity index (χ4v) is 4.61. The Balaban J connectivity index is 1.82. The van der Waals surface area contributed by atoms with Crippen LogP contribution in [0.15, 0.2) is 66.7 Å². The Bertz CT molecular complexity index is 1400. The molecule has 198 valence electrons. The maximum Gasteiger partial charge on any atom is 0.573 e. The van der Waals surface area contributed by atoms with E-state index in [0.717, 1.165) is 0 Å². The Hall–Kier alpha value is -4.14. The van der Waals surface area contributed by atoms with Crippen molar-refractivity contribution >= 4 is 28.7 Å². The maximum atomic E-state index is 13.7. The zero-order valence-corrected chi connectivity index (χ0v) is 21.3. The van der Waals surface area contributed by atoms with E-state index in [1.165, 1.54) is 32.2 Å². The van der Waals surface area contributed by atoms with Gasteiger partial charge in [-0.05, 0) is 55.8 Å². The minimum absolute atomic E-state index is 0.119. The number of rotatable bonds is 9. The highest BCUT2D eigenvalue weighted by Crippen LogP contribution is 2.42. The van der Waals surface area contributed by atoms with E-state index in [2.05, 4.69) is 4.74 Å². The minimum atomic E-state index is -4.87. The number of carbonyl (C=O) groups excluding carboxylic acids is 2. The minimum Gasteiger partial charge on any atom is -0.497 e. The number of carbonyl (C=O) groups is 2. The van der Waals surface area contributed by atoms with Gasteiger partial charge in [0.05, 0.1) is 19.2 Å². The number of halogens is 3. The summed E-state index contributed by atoms with van der Waals surface area (Å²) in [5, 5.41) is 0. The Morgan fingerprint density at radius 2 is 1.66 bits per heavy atom. The standard InChI is InChI=1S/C29H27F3NO5/c1-5-26(18(3)34)37-22-8-6-7-20(15-22)33-17(2)27(28(35)19-9-11-21(36-4)12-10-19)24-14-13-23(16-25(24)33)38-29(30,31)32/h6-16,26-27H,5H2,1-4H3/q+1/t26-,27?/m1/s1. The molecule has 1 aliphatic rings. The van der Waals surface area contributed by atoms with Crippen molar-refractivity contribution in [2.75, 3.05) is 7.11 Å². The molecular formula is C29H27F3NO5+. The number of ether oxygens (including phenoxy) is 3. The lowest BCUT2D eigenvalue weighted by atomic mass is 9.88. The Morgan fingerprint density at radius 3 is 2.26 bits per heavy atom. The fourth-order valence-electron chi connectivity index (χ4n) is 4.61. The van der Waals surface area contributed by atoms with Crippen LogP contribution in [-0.2, 0) is 4.79 Å². The molecule has 0 aromatic heterocycles. The van der Waals surface area contributed by atoms with Gasteiger partial charge in [0.1, 0.15) is 23.2 Å². The second-order valence-corrected chi connectivity index (χ2v) is 8.89. The molecule has 0 amide bonds. The predicted octanol–water partition coefficient (Wildman–Crippen LogP) is 6.62. The van der Waals surface area contributed by atoms with Gasteiger partial charge in [0.25, 0.3) is 0 Å². The number of hydrogen-bond acceptors (Lipinski definition) is 5. The fraction of sp³-hybridized carbons (Fsp3) is 0.276. The van der Waals surface area contributed by atoms with Crippen LogP contribution < -0.4 is 18.8 Å². The molecule has 0 saturated heterocycles. The zero-order valence-electron chi connectivity index (χ0n) is 21.3. The Kier molecular flexibility index (Phi) is 7.57. The second-order valence-electron chi connectivity index (χ2n) is 8.89. The number of alkyl halides is 3. The molecule has 0 radical (unpaired) electrons. The van der Waals surface area contributed by atoms with Gasteiger partial charge in [0, 0.05) is 24.1 Å². The summed E-state index contributed by atoms with van der Waals surface area (Å²) in [5.41, 5.74) is 2.52. The second kappa shape index (κ2) is 10.7. The van der Waals surface area contributed by atoms with E-state index in [1.54, 1.807) is 60.0 Å². The number of hydrogen-bond donors (Lipinski definition) is 0. The molecule has 4 rings (SSSR count). The molecule has 9 heteroatoms. The lowest BCUT2D eigenvalue weighted by Gasteiger charge is -2.14. The summed E-state index contributed by atoms with van der Waals surface area (Å²) in [7, 11) is 1.53. The molecule has 1 heterocycles. The molecule has 6 nitrogen and oxygen atoms in total. The van der Waals surface area contributed by atoms with Crippen molar-refractivity contribution in [3.8, 4) is 17.2 Å². The first kappa shape index (κ1) is 26.9. The molecule has 0 bridgehead atoms. The van der Waals surface area contributed by atoms with Crippen LogP contribution in [0.4, 0.5) is 24.5 Å². The van der Waals surface area contributed by atoms with Crippen LogP contribution in [0.2, 0.25) is 0 Å². The molecule has 1 aliphatic heterocycles. The van der Waals surface area contributed by atoms with Crippen LogP contribution in [-0.4, -0.2) is 36.9 Å². The van der Waals surface area contributed by atoms with E-state index in [-0.39, 0.29) is 11.6 Å². The van der Waals surface area contributed by atoms with Crippen LogP contribution in [0.25, 0.3) is 0 Å². The number of Topliss-reactive ketones (excluding diaryl/α,β-unsaturated/α-hetero) is 2. The highest BCUT2D eigenvalue weighted by atomic mass is 19.4. The summed E-state index contributed by atoms with van der Waals surface area (Å²) in [6.07, 6.45) is -5.02. The summed E-state index contributed by atoms with van der Waals surface area (Å²) < 4.78 is 55.9. The Labute approximate surface area is 218 Å². The van der Waals surface area contributed by atoms with Gasteiger partial charge in [-0.25, -0.2) is 0 Å². The van der Waals surface area contributed by atoms with Gasteiger partial charge in [0.15, 0.2) is 23.4 Å².